The number of amides is 3. The lowest BCUT2D eigenvalue weighted by atomic mass is 9.83. The number of nitrogens with one attached hydrogen (secondary N) is 3. The van der Waals surface area contributed by atoms with E-state index in [1.807, 2.05) is 36.4 Å². The first-order valence-electron chi connectivity index (χ1n) is 14.7. The van der Waals surface area contributed by atoms with Crippen molar-refractivity contribution in [2.45, 2.75) is 83.6 Å². The van der Waals surface area contributed by atoms with Crippen LogP contribution in [0.1, 0.15) is 63.5 Å². The Labute approximate surface area is 246 Å². The van der Waals surface area contributed by atoms with Crippen molar-refractivity contribution in [2.75, 3.05) is 6.54 Å². The molecule has 2 aromatic carbocycles. The summed E-state index contributed by atoms with van der Waals surface area (Å²) in [4.78, 5) is 38.3. The summed E-state index contributed by atoms with van der Waals surface area (Å²) in [6.07, 6.45) is 1.58. The van der Waals surface area contributed by atoms with E-state index in [0.717, 1.165) is 43.2 Å². The molecule has 230 valence electrons. The molecule has 0 spiro atoms. The highest BCUT2D eigenvalue weighted by Gasteiger charge is 2.45. The van der Waals surface area contributed by atoms with Crippen molar-refractivity contribution in [1.29, 1.82) is 0 Å². The molecule has 1 aliphatic rings. The Balaban J connectivity index is 1.61. The smallest absolute Gasteiger partial charge is 0.407 e. The molecule has 2 aromatic rings. The second-order valence-corrected chi connectivity index (χ2v) is 11.4. The number of hydrogen-bond donors (Lipinski definition) is 4. The van der Waals surface area contributed by atoms with Gasteiger partial charge in [-0.25, -0.2) is 13.6 Å². The summed E-state index contributed by atoms with van der Waals surface area (Å²) in [5, 5.41) is 18.1. The van der Waals surface area contributed by atoms with Crippen molar-refractivity contribution in [3.8, 4) is 0 Å². The maximum atomic E-state index is 15.4. The number of halogens is 2. The van der Waals surface area contributed by atoms with Gasteiger partial charge < -0.3 is 25.8 Å². The van der Waals surface area contributed by atoms with Crippen molar-refractivity contribution >= 4 is 17.9 Å². The average molecular weight is 588 g/mol. The van der Waals surface area contributed by atoms with Crippen LogP contribution >= 0.6 is 0 Å². The number of rotatable bonds is 14. The normalized spacial score (nSPS) is 16.2. The molecular weight excluding hydrogens is 544 g/mol. The molecule has 3 amide bonds. The monoisotopic (exact) mass is 587 g/mol. The van der Waals surface area contributed by atoms with E-state index in [-0.39, 0.29) is 25.5 Å². The minimum Gasteiger partial charge on any atom is -0.445 e. The van der Waals surface area contributed by atoms with Gasteiger partial charge in [0.25, 0.3) is 5.92 Å². The summed E-state index contributed by atoms with van der Waals surface area (Å²) in [5.41, 5.74) is 1.57. The quantitative estimate of drug-likeness (QED) is 0.233. The molecule has 0 heterocycles. The fourth-order valence-corrected chi connectivity index (χ4v) is 5.30. The highest BCUT2D eigenvalue weighted by molar-refractivity contribution is 6.00. The molecular formula is C32H43F2N3O5. The lowest BCUT2D eigenvalue weighted by Crippen LogP contribution is -2.57. The van der Waals surface area contributed by atoms with Crippen molar-refractivity contribution in [1.82, 2.24) is 16.0 Å². The van der Waals surface area contributed by atoms with Crippen LogP contribution in [0, 0.1) is 17.8 Å². The van der Waals surface area contributed by atoms with Crippen LogP contribution in [0.4, 0.5) is 13.6 Å². The Morgan fingerprint density at radius 1 is 0.905 bits per heavy atom. The van der Waals surface area contributed by atoms with Crippen molar-refractivity contribution < 1.29 is 33.0 Å². The van der Waals surface area contributed by atoms with Crippen LogP contribution < -0.4 is 16.0 Å². The highest BCUT2D eigenvalue weighted by Crippen LogP contribution is 2.31. The lowest BCUT2D eigenvalue weighted by Gasteiger charge is -2.33. The van der Waals surface area contributed by atoms with Gasteiger partial charge >= 0.3 is 6.09 Å². The summed E-state index contributed by atoms with van der Waals surface area (Å²) in [7, 11) is 0. The van der Waals surface area contributed by atoms with E-state index in [1.165, 1.54) is 0 Å². The Morgan fingerprint density at radius 3 is 2.07 bits per heavy atom. The zero-order valence-electron chi connectivity index (χ0n) is 24.4. The van der Waals surface area contributed by atoms with Gasteiger partial charge in [0.15, 0.2) is 0 Å². The van der Waals surface area contributed by atoms with Gasteiger partial charge in [0.2, 0.25) is 11.8 Å². The molecule has 3 unspecified atom stereocenters. The third-order valence-corrected chi connectivity index (χ3v) is 7.68. The zero-order valence-corrected chi connectivity index (χ0v) is 24.4. The first-order valence-corrected chi connectivity index (χ1v) is 14.7. The summed E-state index contributed by atoms with van der Waals surface area (Å²) < 4.78 is 35.9. The van der Waals surface area contributed by atoms with E-state index in [2.05, 4.69) is 16.0 Å². The molecule has 8 nitrogen and oxygen atoms in total. The van der Waals surface area contributed by atoms with E-state index in [4.69, 9.17) is 4.74 Å². The van der Waals surface area contributed by atoms with Crippen LogP contribution in [-0.2, 0) is 27.5 Å². The van der Waals surface area contributed by atoms with Gasteiger partial charge in [-0.05, 0) is 29.4 Å². The molecule has 3 rings (SSSR count). The average Bonchev–Trinajstić information content (AvgIpc) is 2.99. The molecule has 42 heavy (non-hydrogen) atoms. The molecule has 0 saturated heterocycles. The fraction of sp³-hybridized carbons (Fsp3) is 0.531. The predicted molar refractivity (Wildman–Crippen MR) is 155 cm³/mol. The number of benzene rings is 2. The van der Waals surface area contributed by atoms with Crippen LogP contribution in [0.15, 0.2) is 60.7 Å². The van der Waals surface area contributed by atoms with Crippen molar-refractivity contribution in [2.24, 2.45) is 17.8 Å². The minimum atomic E-state index is -3.79. The molecule has 10 heteroatoms. The Hall–Kier alpha value is -3.53. The summed E-state index contributed by atoms with van der Waals surface area (Å²) in [6.45, 7) is 2.27. The number of alkyl halides is 2. The first kappa shape index (κ1) is 33.0. The molecule has 0 aromatic heterocycles. The maximum Gasteiger partial charge on any atom is 0.407 e. The largest absolute Gasteiger partial charge is 0.445 e. The van der Waals surface area contributed by atoms with E-state index < -0.39 is 54.4 Å². The number of carbonyl (C=O) groups is 3. The standard InChI is InChI=1S/C32H43F2N3O5/c1-22(2)27(29(39)35-19-24-14-8-4-9-15-24)30(40)36-21-32(33,34)28(38)26(18-23-12-6-3-7-13-23)37-31(41)42-20-25-16-10-5-11-17-25/h4-5,8-11,14-17,22-23,26-28,38H,3,6-7,12-13,18-21H2,1-2H3,(H,35,39)(H,36,40)(H,37,41). The number of ether oxygens (including phenoxy) is 1. The molecule has 1 fully saturated rings. The first-order chi connectivity index (χ1) is 20.1. The van der Waals surface area contributed by atoms with Gasteiger partial charge in [-0.15, -0.1) is 0 Å². The predicted octanol–water partition coefficient (Wildman–Crippen LogP) is 4.95. The highest BCUT2D eigenvalue weighted by atomic mass is 19.3. The molecule has 1 saturated carbocycles. The van der Waals surface area contributed by atoms with E-state index in [9.17, 15) is 19.5 Å². The van der Waals surface area contributed by atoms with Gasteiger partial charge in [0.1, 0.15) is 18.6 Å². The van der Waals surface area contributed by atoms with Crippen LogP contribution in [0.25, 0.3) is 0 Å². The summed E-state index contributed by atoms with van der Waals surface area (Å²) in [5.74, 6) is -6.82. The van der Waals surface area contributed by atoms with Gasteiger partial charge in [0.05, 0.1) is 12.6 Å². The Morgan fingerprint density at radius 2 is 1.48 bits per heavy atom. The second-order valence-electron chi connectivity index (χ2n) is 11.4. The van der Waals surface area contributed by atoms with Crippen LogP contribution in [0.3, 0.4) is 0 Å². The number of aliphatic hydroxyl groups excluding tert-OH is 1. The van der Waals surface area contributed by atoms with E-state index >= 15 is 8.78 Å². The lowest BCUT2D eigenvalue weighted by molar-refractivity contribution is -0.143. The van der Waals surface area contributed by atoms with Crippen LogP contribution in [0.5, 0.6) is 0 Å². The summed E-state index contributed by atoms with van der Waals surface area (Å²) in [6, 6.07) is 16.8. The Bertz CT molecular complexity index is 1130. The molecule has 3 atom stereocenters. The van der Waals surface area contributed by atoms with Gasteiger partial charge in [-0.2, -0.15) is 0 Å². The number of carbonyl (C=O) groups excluding carboxylic acids is 3. The fourth-order valence-electron chi connectivity index (χ4n) is 5.30. The van der Waals surface area contributed by atoms with Gasteiger partial charge in [-0.3, -0.25) is 9.59 Å². The van der Waals surface area contributed by atoms with E-state index in [1.54, 1.807) is 38.1 Å². The van der Waals surface area contributed by atoms with E-state index in [0.29, 0.717) is 0 Å². The zero-order chi connectivity index (χ0) is 30.5. The molecule has 4 N–H and O–H groups in total. The van der Waals surface area contributed by atoms with Crippen LogP contribution in [-0.4, -0.2) is 47.6 Å². The topological polar surface area (TPSA) is 117 Å². The third-order valence-electron chi connectivity index (χ3n) is 7.68. The molecule has 0 bridgehead atoms. The van der Waals surface area contributed by atoms with Crippen molar-refractivity contribution in [3.63, 3.8) is 0 Å². The number of hydrogen-bond acceptors (Lipinski definition) is 5. The molecule has 0 radical (unpaired) electrons. The number of alkyl carbamates (subject to hydrolysis) is 1. The summed E-state index contributed by atoms with van der Waals surface area (Å²) >= 11 is 0. The second kappa shape index (κ2) is 16.2. The molecule has 1 aliphatic carbocycles. The molecule has 0 aliphatic heterocycles. The van der Waals surface area contributed by atoms with Crippen LogP contribution in [0.2, 0.25) is 0 Å². The third kappa shape index (κ3) is 10.4. The SMILES string of the molecule is CC(C)C(C(=O)NCc1ccccc1)C(=O)NCC(F)(F)C(O)C(CC1CCCCC1)NC(=O)OCc1ccccc1. The Kier molecular flexibility index (Phi) is 12.7. The maximum absolute atomic E-state index is 15.4. The van der Waals surface area contributed by atoms with Crippen molar-refractivity contribution in [3.05, 3.63) is 71.8 Å². The van der Waals surface area contributed by atoms with Gasteiger partial charge in [0, 0.05) is 6.54 Å². The minimum absolute atomic E-state index is 0.0473. The number of aliphatic hydroxyl groups is 1. The van der Waals surface area contributed by atoms with Gasteiger partial charge in [-0.1, -0.05) is 107 Å².